The van der Waals surface area contributed by atoms with Crippen LogP contribution >= 0.6 is 0 Å². The van der Waals surface area contributed by atoms with Crippen molar-refractivity contribution in [2.24, 2.45) is 0 Å². The quantitative estimate of drug-likeness (QED) is 0.422. The third-order valence-electron chi connectivity index (χ3n) is 2.86. The topological polar surface area (TPSA) is 140 Å². The summed E-state index contributed by atoms with van der Waals surface area (Å²) in [5, 5.41) is 27.0. The average molecular weight is 366 g/mol. The van der Waals surface area contributed by atoms with Gasteiger partial charge in [0, 0.05) is 18.2 Å². The molecule has 2 rings (SSSR count). The molecule has 4 N–H and O–H groups in total. The van der Waals surface area contributed by atoms with Gasteiger partial charge in [0.25, 0.3) is 0 Å². The fourth-order valence-electron chi connectivity index (χ4n) is 1.82. The lowest BCUT2D eigenvalue weighted by Gasteiger charge is -2.12. The number of carbonyl (C=O) groups is 1. The number of quaternary nitrogens is 1. The van der Waals surface area contributed by atoms with Crippen molar-refractivity contribution in [3.8, 4) is 5.75 Å². The van der Waals surface area contributed by atoms with E-state index >= 15 is 0 Å². The van der Waals surface area contributed by atoms with Crippen LogP contribution in [0.3, 0.4) is 0 Å². The second-order valence-electron chi connectivity index (χ2n) is 4.77. The average Bonchev–Trinajstić information content (AvgIpc) is 2.53. The van der Waals surface area contributed by atoms with Crippen LogP contribution in [-0.4, -0.2) is 24.7 Å². The summed E-state index contributed by atoms with van der Waals surface area (Å²) in [6.07, 6.45) is 2.24. The van der Waals surface area contributed by atoms with Gasteiger partial charge >= 0.3 is 16.3 Å². The SMILES string of the molecule is O=C(O)C=Cc1cccc(NS(=O)(=O)Oc2ccc([NH+]([O-])O)cc2)c1. The molecule has 0 aliphatic heterocycles. The Bertz CT molecular complexity index is 877. The number of rotatable bonds is 7. The molecule has 0 spiro atoms. The molecular weight excluding hydrogens is 352 g/mol. The molecule has 0 aliphatic carbocycles. The molecule has 0 aliphatic rings. The molecule has 0 amide bonds. The van der Waals surface area contributed by atoms with E-state index in [0.717, 1.165) is 6.08 Å². The summed E-state index contributed by atoms with van der Waals surface area (Å²) in [7, 11) is -4.21. The molecule has 1 unspecified atom stereocenters. The number of hydrogen-bond acceptors (Lipinski definition) is 6. The maximum atomic E-state index is 12.0. The minimum atomic E-state index is -4.21. The highest BCUT2D eigenvalue weighted by molar-refractivity contribution is 7.88. The first-order chi connectivity index (χ1) is 11.7. The van der Waals surface area contributed by atoms with Gasteiger partial charge < -0.3 is 14.5 Å². The number of aliphatic carboxylic acids is 1. The van der Waals surface area contributed by atoms with Crippen LogP contribution in [0.5, 0.6) is 5.75 Å². The number of carboxylic acid groups (broad SMARTS) is 1. The Morgan fingerprint density at radius 2 is 1.88 bits per heavy atom. The first kappa shape index (κ1) is 18.4. The Hall–Kier alpha value is -2.92. The predicted octanol–water partition coefficient (Wildman–Crippen LogP) is 0.923. The van der Waals surface area contributed by atoms with E-state index in [1.807, 2.05) is 0 Å². The fourth-order valence-corrected chi connectivity index (χ4v) is 2.64. The summed E-state index contributed by atoms with van der Waals surface area (Å²) in [6.45, 7) is 0. The van der Waals surface area contributed by atoms with Gasteiger partial charge in [-0.3, -0.25) is 4.72 Å². The molecule has 0 aromatic heterocycles. The first-order valence-electron chi connectivity index (χ1n) is 6.82. The lowest BCUT2D eigenvalue weighted by atomic mass is 10.2. The molecule has 0 saturated carbocycles. The molecule has 2 aromatic carbocycles. The fraction of sp³-hybridized carbons (Fsp3) is 0. The van der Waals surface area contributed by atoms with Gasteiger partial charge in [-0.1, -0.05) is 12.1 Å². The lowest BCUT2D eigenvalue weighted by molar-refractivity contribution is -0.991. The number of benzene rings is 2. The van der Waals surface area contributed by atoms with Crippen molar-refractivity contribution in [1.82, 2.24) is 0 Å². The molecule has 0 bridgehead atoms. The van der Waals surface area contributed by atoms with Crippen molar-refractivity contribution < 1.29 is 32.9 Å². The number of nitrogens with one attached hydrogen (secondary N) is 2. The van der Waals surface area contributed by atoms with E-state index in [-0.39, 0.29) is 17.1 Å². The summed E-state index contributed by atoms with van der Waals surface area (Å²) >= 11 is 0. The first-order valence-corrected chi connectivity index (χ1v) is 8.23. The van der Waals surface area contributed by atoms with Crippen LogP contribution in [0.2, 0.25) is 0 Å². The maximum absolute atomic E-state index is 12.0. The summed E-state index contributed by atoms with van der Waals surface area (Å²) in [5.74, 6) is -1.18. The number of carboxylic acids is 1. The van der Waals surface area contributed by atoms with Crippen LogP contribution in [0, 0.1) is 5.21 Å². The third-order valence-corrected chi connectivity index (χ3v) is 3.75. The molecule has 0 radical (unpaired) electrons. The highest BCUT2D eigenvalue weighted by Gasteiger charge is 2.13. The highest BCUT2D eigenvalue weighted by atomic mass is 32.2. The summed E-state index contributed by atoms with van der Waals surface area (Å²) in [6, 6.07) is 10.9. The molecule has 1 atom stereocenters. The molecule has 0 heterocycles. The Balaban J connectivity index is 2.10. The van der Waals surface area contributed by atoms with Crippen molar-refractivity contribution in [1.29, 1.82) is 0 Å². The molecule has 10 heteroatoms. The van der Waals surface area contributed by atoms with E-state index in [0.29, 0.717) is 5.56 Å². The van der Waals surface area contributed by atoms with Crippen molar-refractivity contribution in [2.75, 3.05) is 4.72 Å². The standard InChI is InChI=1S/C15H14N2O7S/c18-15(19)9-4-11-2-1-3-12(10-11)16-25(22,23)24-14-7-5-13(6-8-14)17(20)21/h1-10,16-17,20H,(H,18,19). The smallest absolute Gasteiger partial charge is 0.407 e. The molecule has 0 fully saturated rings. The van der Waals surface area contributed by atoms with Gasteiger partial charge in [-0.2, -0.15) is 13.6 Å². The molecule has 132 valence electrons. The largest absolute Gasteiger partial charge is 0.595 e. The number of hydrogen-bond donors (Lipinski definition) is 4. The summed E-state index contributed by atoms with van der Waals surface area (Å²) in [5.41, 5.74) is 0.652. The van der Waals surface area contributed by atoms with Crippen LogP contribution in [0.1, 0.15) is 5.56 Å². The maximum Gasteiger partial charge on any atom is 0.407 e. The normalized spacial score (nSPS) is 12.7. The lowest BCUT2D eigenvalue weighted by Crippen LogP contribution is -2.99. The molecule has 9 nitrogen and oxygen atoms in total. The molecule has 2 aromatic rings. The minimum absolute atomic E-state index is 0.00405. The predicted molar refractivity (Wildman–Crippen MR) is 88.5 cm³/mol. The zero-order valence-electron chi connectivity index (χ0n) is 12.6. The van der Waals surface area contributed by atoms with Gasteiger partial charge in [-0.25, -0.2) is 10.0 Å². The van der Waals surface area contributed by atoms with E-state index < -0.39 is 21.5 Å². The van der Waals surface area contributed by atoms with Crippen LogP contribution in [0.4, 0.5) is 11.4 Å². The van der Waals surface area contributed by atoms with E-state index in [4.69, 9.17) is 14.5 Å². The van der Waals surface area contributed by atoms with Crippen LogP contribution in [0.15, 0.2) is 54.6 Å². The van der Waals surface area contributed by atoms with Gasteiger partial charge in [0.05, 0.1) is 5.69 Å². The van der Waals surface area contributed by atoms with E-state index in [9.17, 15) is 18.4 Å². The monoisotopic (exact) mass is 366 g/mol. The Morgan fingerprint density at radius 3 is 2.48 bits per heavy atom. The molecular formula is C15H14N2O7S. The second-order valence-corrected chi connectivity index (χ2v) is 6.05. The number of anilines is 1. The van der Waals surface area contributed by atoms with E-state index in [1.54, 1.807) is 12.1 Å². The second kappa shape index (κ2) is 7.77. The van der Waals surface area contributed by atoms with Gasteiger partial charge in [0.2, 0.25) is 0 Å². The van der Waals surface area contributed by atoms with E-state index in [1.165, 1.54) is 42.5 Å². The van der Waals surface area contributed by atoms with Crippen LogP contribution < -0.4 is 14.1 Å². The zero-order valence-corrected chi connectivity index (χ0v) is 13.4. The molecule has 25 heavy (non-hydrogen) atoms. The zero-order chi connectivity index (χ0) is 18.4. The Morgan fingerprint density at radius 1 is 1.20 bits per heavy atom. The molecule has 0 saturated heterocycles. The van der Waals surface area contributed by atoms with Crippen molar-refractivity contribution in [2.45, 2.75) is 0 Å². The van der Waals surface area contributed by atoms with Gasteiger partial charge in [0.1, 0.15) is 5.75 Å². The van der Waals surface area contributed by atoms with E-state index in [2.05, 4.69) is 4.72 Å². The van der Waals surface area contributed by atoms with Crippen molar-refractivity contribution in [3.05, 3.63) is 65.4 Å². The summed E-state index contributed by atoms with van der Waals surface area (Å²) < 4.78 is 31.0. The van der Waals surface area contributed by atoms with Gasteiger partial charge in [0.15, 0.2) is 5.69 Å². The van der Waals surface area contributed by atoms with Crippen LogP contribution in [0.25, 0.3) is 6.08 Å². The Labute approximate surface area is 143 Å². The van der Waals surface area contributed by atoms with Gasteiger partial charge in [-0.05, 0) is 35.9 Å². The highest BCUT2D eigenvalue weighted by Crippen LogP contribution is 2.18. The minimum Gasteiger partial charge on any atom is -0.595 e. The Kier molecular flexibility index (Phi) is 5.72. The summed E-state index contributed by atoms with van der Waals surface area (Å²) in [4.78, 5) is 10.5. The van der Waals surface area contributed by atoms with Crippen molar-refractivity contribution >= 4 is 33.7 Å². The van der Waals surface area contributed by atoms with Crippen molar-refractivity contribution in [3.63, 3.8) is 0 Å². The third kappa shape index (κ3) is 5.90. The van der Waals surface area contributed by atoms with Gasteiger partial charge in [-0.15, -0.1) is 0 Å². The van der Waals surface area contributed by atoms with Crippen LogP contribution in [-0.2, 0) is 15.1 Å².